The van der Waals surface area contributed by atoms with Gasteiger partial charge in [0.1, 0.15) is 6.04 Å². The number of aromatic nitrogens is 1. The van der Waals surface area contributed by atoms with Gasteiger partial charge in [0.05, 0.1) is 0 Å². The molecule has 0 saturated carbocycles. The second-order valence-electron chi connectivity index (χ2n) is 3.50. The zero-order chi connectivity index (χ0) is 11.0. The highest BCUT2D eigenvalue weighted by molar-refractivity contribution is 6.31. The molecule has 0 fully saturated rings. The molecule has 2 aromatic rings. The summed E-state index contributed by atoms with van der Waals surface area (Å²) in [6, 6.07) is 7.12. The molecule has 2 N–H and O–H groups in total. The summed E-state index contributed by atoms with van der Waals surface area (Å²) in [5.41, 5.74) is 6.23. The second kappa shape index (κ2) is 3.59. The molecule has 1 aromatic heterocycles. The van der Waals surface area contributed by atoms with Crippen LogP contribution in [0, 0.1) is 0 Å². The van der Waals surface area contributed by atoms with Crippen LogP contribution >= 0.6 is 11.6 Å². The molecule has 1 atom stereocenters. The van der Waals surface area contributed by atoms with Crippen LogP contribution in [0.25, 0.3) is 10.9 Å². The lowest BCUT2D eigenvalue weighted by molar-refractivity contribution is -0.120. The summed E-state index contributed by atoms with van der Waals surface area (Å²) in [6.07, 6.45) is 1.84. The number of halogens is 1. The Kier molecular flexibility index (Phi) is 2.40. The van der Waals surface area contributed by atoms with Crippen LogP contribution in [-0.2, 0) is 4.79 Å². The van der Waals surface area contributed by atoms with E-state index in [0.717, 1.165) is 10.9 Å². The van der Waals surface area contributed by atoms with Crippen molar-refractivity contribution in [2.75, 3.05) is 0 Å². The van der Waals surface area contributed by atoms with Gasteiger partial charge in [-0.2, -0.15) is 0 Å². The standard InChI is InChI=1S/C11H11ClN2O/c1-7(11(13)15)14-5-4-8-6-9(12)2-3-10(8)14/h2-7H,1H3,(H2,13,15). The Morgan fingerprint density at radius 1 is 1.47 bits per heavy atom. The van der Waals surface area contributed by atoms with Crippen molar-refractivity contribution in [1.82, 2.24) is 4.57 Å². The first-order valence-electron chi connectivity index (χ1n) is 4.65. The SMILES string of the molecule is CC(C(N)=O)n1ccc2cc(Cl)ccc21. The van der Waals surface area contributed by atoms with E-state index in [9.17, 15) is 4.79 Å². The maximum Gasteiger partial charge on any atom is 0.240 e. The van der Waals surface area contributed by atoms with Crippen molar-refractivity contribution in [2.24, 2.45) is 5.73 Å². The van der Waals surface area contributed by atoms with Gasteiger partial charge in [-0.05, 0) is 31.2 Å². The van der Waals surface area contributed by atoms with Crippen molar-refractivity contribution < 1.29 is 4.79 Å². The van der Waals surface area contributed by atoms with Crippen molar-refractivity contribution in [2.45, 2.75) is 13.0 Å². The van der Waals surface area contributed by atoms with Crippen LogP contribution in [0.3, 0.4) is 0 Å². The van der Waals surface area contributed by atoms with Gasteiger partial charge in [0.2, 0.25) is 5.91 Å². The Morgan fingerprint density at radius 3 is 2.87 bits per heavy atom. The van der Waals surface area contributed by atoms with E-state index in [0.29, 0.717) is 5.02 Å². The molecule has 0 radical (unpaired) electrons. The van der Waals surface area contributed by atoms with Gasteiger partial charge in [0, 0.05) is 22.1 Å². The van der Waals surface area contributed by atoms with E-state index in [4.69, 9.17) is 17.3 Å². The zero-order valence-electron chi connectivity index (χ0n) is 8.27. The monoisotopic (exact) mass is 222 g/mol. The van der Waals surface area contributed by atoms with Gasteiger partial charge < -0.3 is 10.3 Å². The normalized spacial score (nSPS) is 12.9. The Hall–Kier alpha value is -1.48. The molecule has 2 rings (SSSR count). The fourth-order valence-corrected chi connectivity index (χ4v) is 1.79. The van der Waals surface area contributed by atoms with Crippen LogP contribution in [0.15, 0.2) is 30.5 Å². The van der Waals surface area contributed by atoms with Gasteiger partial charge in [-0.15, -0.1) is 0 Å². The van der Waals surface area contributed by atoms with Crippen molar-refractivity contribution in [3.63, 3.8) is 0 Å². The molecule has 1 heterocycles. The number of amides is 1. The topological polar surface area (TPSA) is 48.0 Å². The van der Waals surface area contributed by atoms with Crippen molar-refractivity contribution in [3.8, 4) is 0 Å². The average Bonchev–Trinajstić information content (AvgIpc) is 2.59. The molecule has 0 aliphatic carbocycles. The van der Waals surface area contributed by atoms with E-state index in [1.807, 2.05) is 29.0 Å². The Balaban J connectivity index is 2.59. The molecule has 1 unspecified atom stereocenters. The molecule has 15 heavy (non-hydrogen) atoms. The summed E-state index contributed by atoms with van der Waals surface area (Å²) in [7, 11) is 0. The smallest absolute Gasteiger partial charge is 0.240 e. The number of rotatable bonds is 2. The number of primary amides is 1. The molecule has 1 amide bonds. The number of benzene rings is 1. The van der Waals surface area contributed by atoms with Crippen LogP contribution in [0.5, 0.6) is 0 Å². The van der Waals surface area contributed by atoms with Gasteiger partial charge in [-0.25, -0.2) is 0 Å². The Morgan fingerprint density at radius 2 is 2.20 bits per heavy atom. The van der Waals surface area contributed by atoms with Crippen molar-refractivity contribution in [3.05, 3.63) is 35.5 Å². The third-order valence-electron chi connectivity index (χ3n) is 2.51. The lowest BCUT2D eigenvalue weighted by atomic mass is 10.2. The van der Waals surface area contributed by atoms with Gasteiger partial charge in [0.15, 0.2) is 0 Å². The first-order chi connectivity index (χ1) is 7.09. The molecule has 0 aliphatic heterocycles. The van der Waals surface area contributed by atoms with Crippen LogP contribution in [0.4, 0.5) is 0 Å². The molecule has 0 saturated heterocycles. The largest absolute Gasteiger partial charge is 0.368 e. The summed E-state index contributed by atoms with van der Waals surface area (Å²) in [5.74, 6) is -0.345. The third kappa shape index (κ3) is 1.70. The Labute approximate surface area is 92.4 Å². The molecule has 4 heteroatoms. The quantitative estimate of drug-likeness (QED) is 0.833. The first kappa shape index (κ1) is 10.1. The molecule has 1 aromatic carbocycles. The van der Waals surface area contributed by atoms with E-state index in [1.54, 1.807) is 13.0 Å². The van der Waals surface area contributed by atoms with Gasteiger partial charge in [-0.1, -0.05) is 11.6 Å². The maximum atomic E-state index is 11.1. The Bertz CT molecular complexity index is 518. The molecular weight excluding hydrogens is 212 g/mol. The van der Waals surface area contributed by atoms with Crippen LogP contribution < -0.4 is 5.73 Å². The number of carbonyl (C=O) groups excluding carboxylic acids is 1. The predicted molar refractivity (Wildman–Crippen MR) is 60.9 cm³/mol. The van der Waals surface area contributed by atoms with Gasteiger partial charge in [0.25, 0.3) is 0 Å². The molecule has 0 spiro atoms. The first-order valence-corrected chi connectivity index (χ1v) is 5.03. The summed E-state index contributed by atoms with van der Waals surface area (Å²) in [4.78, 5) is 11.1. The number of hydrogen-bond donors (Lipinski definition) is 1. The maximum absolute atomic E-state index is 11.1. The lowest BCUT2D eigenvalue weighted by Gasteiger charge is -2.10. The van der Waals surface area contributed by atoms with Crippen LogP contribution in [-0.4, -0.2) is 10.5 Å². The number of fused-ring (bicyclic) bond motifs is 1. The number of nitrogens with two attached hydrogens (primary N) is 1. The fourth-order valence-electron chi connectivity index (χ4n) is 1.61. The highest BCUT2D eigenvalue weighted by atomic mass is 35.5. The molecule has 78 valence electrons. The van der Waals surface area contributed by atoms with Crippen LogP contribution in [0.2, 0.25) is 5.02 Å². The number of carbonyl (C=O) groups is 1. The van der Waals surface area contributed by atoms with Gasteiger partial charge >= 0.3 is 0 Å². The van der Waals surface area contributed by atoms with Crippen molar-refractivity contribution in [1.29, 1.82) is 0 Å². The minimum absolute atomic E-state index is 0.344. The van der Waals surface area contributed by atoms with Gasteiger partial charge in [-0.3, -0.25) is 4.79 Å². The lowest BCUT2D eigenvalue weighted by Crippen LogP contribution is -2.23. The predicted octanol–water partition coefficient (Wildman–Crippen LogP) is 2.34. The van der Waals surface area contributed by atoms with E-state index >= 15 is 0 Å². The fraction of sp³-hybridized carbons (Fsp3) is 0.182. The highest BCUT2D eigenvalue weighted by Gasteiger charge is 2.12. The van der Waals surface area contributed by atoms with E-state index in [2.05, 4.69) is 0 Å². The highest BCUT2D eigenvalue weighted by Crippen LogP contribution is 2.23. The van der Waals surface area contributed by atoms with Crippen LogP contribution in [0.1, 0.15) is 13.0 Å². The molecular formula is C11H11ClN2O. The van der Waals surface area contributed by atoms with E-state index in [-0.39, 0.29) is 11.9 Å². The summed E-state index contributed by atoms with van der Waals surface area (Å²) >= 11 is 5.87. The molecule has 3 nitrogen and oxygen atoms in total. The third-order valence-corrected chi connectivity index (χ3v) is 2.75. The zero-order valence-corrected chi connectivity index (χ0v) is 9.03. The average molecular weight is 223 g/mol. The van der Waals surface area contributed by atoms with E-state index in [1.165, 1.54) is 0 Å². The summed E-state index contributed by atoms with van der Waals surface area (Å²) < 4.78 is 1.84. The molecule has 0 aliphatic rings. The van der Waals surface area contributed by atoms with Crippen molar-refractivity contribution >= 4 is 28.4 Å². The number of nitrogens with zero attached hydrogens (tertiary/aromatic N) is 1. The summed E-state index contributed by atoms with van der Waals surface area (Å²) in [5, 5.41) is 1.70. The second-order valence-corrected chi connectivity index (χ2v) is 3.94. The minimum Gasteiger partial charge on any atom is -0.368 e. The summed E-state index contributed by atoms with van der Waals surface area (Å²) in [6.45, 7) is 1.77. The van der Waals surface area contributed by atoms with E-state index < -0.39 is 0 Å². The minimum atomic E-state index is -0.345. The number of hydrogen-bond acceptors (Lipinski definition) is 1. The molecule has 0 bridgehead atoms.